The van der Waals surface area contributed by atoms with E-state index in [1.165, 1.54) is 4.90 Å². The van der Waals surface area contributed by atoms with Gasteiger partial charge in [-0.05, 0) is 59.0 Å². The molecule has 1 aromatic heterocycles. The SMILES string of the molecule is CC1Cc2cc(/C([O-])=C3\C(=O)C(=O)N(Cc4cc[nH+]cc4)C3c3cccc(OCc4ccccc4)c3)ccc2O1. The number of H-pyrrole nitrogens is 1. The lowest BCUT2D eigenvalue weighted by Crippen LogP contribution is -2.29. The highest BCUT2D eigenvalue weighted by Gasteiger charge is 2.44. The first-order chi connectivity index (χ1) is 19.5. The Hall–Kier alpha value is -4.91. The summed E-state index contributed by atoms with van der Waals surface area (Å²) in [7, 11) is 0. The number of carbonyl (C=O) groups excluding carboxylic acids is 2. The monoisotopic (exact) mass is 532 g/mol. The molecule has 3 aromatic carbocycles. The van der Waals surface area contributed by atoms with Gasteiger partial charge in [-0.25, -0.2) is 4.98 Å². The van der Waals surface area contributed by atoms with Crippen molar-refractivity contribution < 1.29 is 29.2 Å². The predicted octanol–water partition coefficient (Wildman–Crippen LogP) is 3.83. The smallest absolute Gasteiger partial charge is 0.295 e. The molecule has 200 valence electrons. The molecule has 7 nitrogen and oxygen atoms in total. The summed E-state index contributed by atoms with van der Waals surface area (Å²) in [5.41, 5.74) is 3.71. The Morgan fingerprint density at radius 3 is 2.58 bits per heavy atom. The van der Waals surface area contributed by atoms with Crippen molar-refractivity contribution in [1.29, 1.82) is 0 Å². The van der Waals surface area contributed by atoms with Crippen LogP contribution < -0.4 is 19.6 Å². The maximum Gasteiger partial charge on any atom is 0.295 e. The van der Waals surface area contributed by atoms with Gasteiger partial charge in [0.15, 0.2) is 12.4 Å². The van der Waals surface area contributed by atoms with Crippen LogP contribution in [0.2, 0.25) is 0 Å². The van der Waals surface area contributed by atoms with Crippen molar-refractivity contribution in [2.45, 2.75) is 38.6 Å². The molecular formula is C33H28N2O5. The first kappa shape index (κ1) is 25.4. The van der Waals surface area contributed by atoms with E-state index in [-0.39, 0.29) is 18.2 Å². The molecule has 2 atom stereocenters. The van der Waals surface area contributed by atoms with Gasteiger partial charge in [0.25, 0.3) is 5.91 Å². The number of aromatic amines is 1. The number of aromatic nitrogens is 1. The molecule has 7 heteroatoms. The van der Waals surface area contributed by atoms with Gasteiger partial charge in [0.05, 0.1) is 6.04 Å². The molecule has 1 N–H and O–H groups in total. The molecule has 3 heterocycles. The van der Waals surface area contributed by atoms with Crippen LogP contribution in [0.15, 0.2) is 103 Å². The standard InChI is InChI=1S/C33H28N2O5/c1-21-16-26-17-25(10-11-28(26)40-21)31(36)29-30(35(33(38)32(29)37)19-22-12-14-34-15-13-22)24-8-5-9-27(18-24)39-20-23-6-3-2-4-7-23/h2-15,17-18,21,30,36H,16,19-20H2,1H3/b31-29+. The first-order valence-corrected chi connectivity index (χ1v) is 13.3. The molecule has 0 spiro atoms. The lowest BCUT2D eigenvalue weighted by Gasteiger charge is -2.28. The number of hydrogen-bond donors (Lipinski definition) is 0. The molecule has 2 unspecified atom stereocenters. The number of nitrogens with one attached hydrogen (secondary N) is 1. The lowest BCUT2D eigenvalue weighted by molar-refractivity contribution is -0.378. The van der Waals surface area contributed by atoms with Gasteiger partial charge < -0.3 is 19.5 Å². The number of fused-ring (bicyclic) bond motifs is 1. The highest BCUT2D eigenvalue weighted by atomic mass is 16.5. The van der Waals surface area contributed by atoms with E-state index in [0.717, 1.165) is 22.4 Å². The van der Waals surface area contributed by atoms with Gasteiger partial charge in [-0.2, -0.15) is 0 Å². The van der Waals surface area contributed by atoms with Crippen molar-refractivity contribution in [1.82, 2.24) is 4.90 Å². The van der Waals surface area contributed by atoms with Crippen molar-refractivity contribution in [3.63, 3.8) is 0 Å². The van der Waals surface area contributed by atoms with Gasteiger partial charge in [0.1, 0.15) is 24.2 Å². The highest BCUT2D eigenvalue weighted by Crippen LogP contribution is 2.41. The maximum absolute atomic E-state index is 13.9. The quantitative estimate of drug-likeness (QED) is 0.205. The minimum Gasteiger partial charge on any atom is -0.872 e. The molecule has 1 amide bonds. The largest absolute Gasteiger partial charge is 0.872 e. The summed E-state index contributed by atoms with van der Waals surface area (Å²) in [5.74, 6) is -0.610. The zero-order valence-corrected chi connectivity index (χ0v) is 22.0. The zero-order valence-electron chi connectivity index (χ0n) is 22.0. The molecular weight excluding hydrogens is 504 g/mol. The summed E-state index contributed by atoms with van der Waals surface area (Å²) in [4.78, 5) is 31.3. The number of nitrogens with zero attached hydrogens (tertiary/aromatic N) is 1. The van der Waals surface area contributed by atoms with Crippen LogP contribution in [0.3, 0.4) is 0 Å². The van der Waals surface area contributed by atoms with E-state index in [1.54, 1.807) is 36.7 Å². The van der Waals surface area contributed by atoms with Crippen molar-refractivity contribution in [2.75, 3.05) is 0 Å². The third-order valence-corrected chi connectivity index (χ3v) is 7.25. The minimum atomic E-state index is -0.861. The molecule has 0 radical (unpaired) electrons. The van der Waals surface area contributed by atoms with Crippen molar-refractivity contribution >= 4 is 17.4 Å². The van der Waals surface area contributed by atoms with Crippen LogP contribution in [-0.4, -0.2) is 22.7 Å². The number of hydrogen-bond acceptors (Lipinski definition) is 5. The van der Waals surface area contributed by atoms with Gasteiger partial charge in [-0.15, -0.1) is 0 Å². The van der Waals surface area contributed by atoms with Crippen molar-refractivity contribution in [3.8, 4) is 11.5 Å². The van der Waals surface area contributed by atoms with Crippen LogP contribution in [0.5, 0.6) is 11.5 Å². The Labute approximate surface area is 232 Å². The number of benzene rings is 3. The number of likely N-dealkylation sites (tertiary alicyclic amines) is 1. The second-order valence-corrected chi connectivity index (χ2v) is 10.1. The summed E-state index contributed by atoms with van der Waals surface area (Å²) >= 11 is 0. The topological polar surface area (TPSA) is 93.0 Å². The Balaban J connectivity index is 1.41. The lowest BCUT2D eigenvalue weighted by atomic mass is 9.94. The van der Waals surface area contributed by atoms with Crippen LogP contribution in [0.4, 0.5) is 0 Å². The number of rotatable bonds is 7. The Morgan fingerprint density at radius 1 is 0.975 bits per heavy atom. The Bertz CT molecular complexity index is 1600. The van der Waals surface area contributed by atoms with Crippen LogP contribution in [0.1, 0.15) is 40.8 Å². The molecule has 2 aliphatic rings. The van der Waals surface area contributed by atoms with E-state index in [1.807, 2.05) is 67.6 Å². The van der Waals surface area contributed by atoms with E-state index in [4.69, 9.17) is 9.47 Å². The summed E-state index contributed by atoms with van der Waals surface area (Å²) in [6.07, 6.45) is 4.22. The molecule has 0 bridgehead atoms. The third-order valence-electron chi connectivity index (χ3n) is 7.25. The maximum atomic E-state index is 13.9. The van der Waals surface area contributed by atoms with Gasteiger partial charge >= 0.3 is 0 Å². The van der Waals surface area contributed by atoms with Crippen molar-refractivity contribution in [3.05, 3.63) is 131 Å². The summed E-state index contributed by atoms with van der Waals surface area (Å²) in [5, 5.41) is 13.9. The number of carbonyl (C=O) groups is 2. The van der Waals surface area contributed by atoms with Crippen LogP contribution >= 0.6 is 0 Å². The fourth-order valence-electron chi connectivity index (χ4n) is 5.34. The van der Waals surface area contributed by atoms with E-state index >= 15 is 0 Å². The van der Waals surface area contributed by atoms with Crippen LogP contribution in [0, 0.1) is 0 Å². The Kier molecular flexibility index (Phi) is 6.78. The second kappa shape index (κ2) is 10.7. The van der Waals surface area contributed by atoms with E-state index in [2.05, 4.69) is 4.98 Å². The molecule has 6 rings (SSSR count). The number of ketones is 1. The molecule has 2 aliphatic heterocycles. The molecule has 4 aromatic rings. The fourth-order valence-corrected chi connectivity index (χ4v) is 5.34. The number of pyridine rings is 1. The van der Waals surface area contributed by atoms with Gasteiger partial charge in [-0.3, -0.25) is 9.59 Å². The average molecular weight is 533 g/mol. The van der Waals surface area contributed by atoms with Crippen LogP contribution in [0.25, 0.3) is 5.76 Å². The molecule has 0 saturated carbocycles. The zero-order chi connectivity index (χ0) is 27.6. The molecule has 1 fully saturated rings. The predicted molar refractivity (Wildman–Crippen MR) is 146 cm³/mol. The molecule has 0 aliphatic carbocycles. The number of amides is 1. The van der Waals surface area contributed by atoms with Gasteiger partial charge in [0, 0.05) is 30.7 Å². The van der Waals surface area contributed by atoms with E-state index in [9.17, 15) is 14.7 Å². The fraction of sp³-hybridized carbons (Fsp3) is 0.182. The second-order valence-electron chi connectivity index (χ2n) is 10.1. The number of Topliss-reactive ketones (excluding diaryl/α,β-unsaturated/α-hetero) is 1. The Morgan fingerprint density at radius 2 is 1.77 bits per heavy atom. The summed E-state index contributed by atoms with van der Waals surface area (Å²) in [6.45, 7) is 2.50. The van der Waals surface area contributed by atoms with Gasteiger partial charge in [0.2, 0.25) is 5.78 Å². The van der Waals surface area contributed by atoms with Crippen molar-refractivity contribution in [2.24, 2.45) is 0 Å². The van der Waals surface area contributed by atoms with E-state index in [0.29, 0.717) is 29.9 Å². The summed E-state index contributed by atoms with van der Waals surface area (Å²) in [6, 6.07) is 25.1. The summed E-state index contributed by atoms with van der Waals surface area (Å²) < 4.78 is 11.8. The average Bonchev–Trinajstić information content (AvgIpc) is 3.48. The number of ether oxygens (including phenoxy) is 2. The normalized spacial score (nSPS) is 19.4. The van der Waals surface area contributed by atoms with E-state index < -0.39 is 23.5 Å². The molecule has 40 heavy (non-hydrogen) atoms. The molecule has 1 saturated heterocycles. The minimum absolute atomic E-state index is 0.0210. The third kappa shape index (κ3) is 4.94. The van der Waals surface area contributed by atoms with Gasteiger partial charge in [-0.1, -0.05) is 54.3 Å². The highest BCUT2D eigenvalue weighted by molar-refractivity contribution is 6.46. The first-order valence-electron chi connectivity index (χ1n) is 13.3. The van der Waals surface area contributed by atoms with Crippen LogP contribution in [-0.2, 0) is 29.2 Å².